The Bertz CT molecular complexity index is 1970. The van der Waals surface area contributed by atoms with Crippen LogP contribution >= 0.6 is 0 Å². The van der Waals surface area contributed by atoms with Crippen LogP contribution in [0.3, 0.4) is 0 Å². The number of hydrogen-bond acceptors (Lipinski definition) is 1. The zero-order valence-corrected chi connectivity index (χ0v) is 21.5. The molecule has 6 rings (SSSR count). The van der Waals surface area contributed by atoms with E-state index in [9.17, 15) is 0 Å². The molecule has 0 fully saturated rings. The fraction of sp³-hybridized carbons (Fsp3) is 0.0286. The van der Waals surface area contributed by atoms with Gasteiger partial charge >= 0.3 is 0 Å². The number of benzene rings is 4. The normalized spacial score (nSPS) is 12.2. The molecule has 2 heterocycles. The Morgan fingerprint density at radius 1 is 0.605 bits per heavy atom. The van der Waals surface area contributed by atoms with Crippen molar-refractivity contribution in [3.05, 3.63) is 148 Å². The molecule has 0 bridgehead atoms. The molecule has 0 saturated heterocycles. The largest absolute Gasteiger partial charge is 0.399 e. The third-order valence-electron chi connectivity index (χ3n) is 7.29. The van der Waals surface area contributed by atoms with E-state index in [4.69, 9.17) is 5.73 Å². The van der Waals surface area contributed by atoms with E-state index in [0.29, 0.717) is 5.69 Å². The molecule has 0 amide bonds. The third kappa shape index (κ3) is 3.52. The van der Waals surface area contributed by atoms with Gasteiger partial charge in [-0.2, -0.15) is 0 Å². The highest BCUT2D eigenvalue weighted by Gasteiger charge is 2.17. The number of para-hydroxylation sites is 2. The molecular formula is C35H29N3. The van der Waals surface area contributed by atoms with Gasteiger partial charge in [-0.25, -0.2) is 0 Å². The van der Waals surface area contributed by atoms with Crippen LogP contribution in [-0.2, 0) is 0 Å². The van der Waals surface area contributed by atoms with Gasteiger partial charge in [0, 0.05) is 38.3 Å². The van der Waals surface area contributed by atoms with Gasteiger partial charge < -0.3 is 14.9 Å². The van der Waals surface area contributed by atoms with Crippen LogP contribution in [0.1, 0.15) is 16.7 Å². The maximum Gasteiger partial charge on any atom is 0.0782 e. The average molecular weight is 492 g/mol. The molecule has 184 valence electrons. The predicted molar refractivity (Wildman–Crippen MR) is 163 cm³/mol. The van der Waals surface area contributed by atoms with Gasteiger partial charge in [0.15, 0.2) is 0 Å². The smallest absolute Gasteiger partial charge is 0.0782 e. The van der Waals surface area contributed by atoms with E-state index in [1.54, 1.807) is 0 Å². The van der Waals surface area contributed by atoms with Gasteiger partial charge in [-0.1, -0.05) is 98.6 Å². The van der Waals surface area contributed by atoms with Crippen molar-refractivity contribution in [2.75, 3.05) is 5.73 Å². The summed E-state index contributed by atoms with van der Waals surface area (Å²) in [6.07, 6.45) is 0. The van der Waals surface area contributed by atoms with Crippen molar-refractivity contribution in [1.29, 1.82) is 0 Å². The summed E-state index contributed by atoms with van der Waals surface area (Å²) in [6, 6.07) is 32.9. The lowest BCUT2D eigenvalue weighted by atomic mass is 10.1. The van der Waals surface area contributed by atoms with Crippen LogP contribution < -0.4 is 16.2 Å². The minimum absolute atomic E-state index is 0.691. The molecule has 0 aliphatic rings. The van der Waals surface area contributed by atoms with Gasteiger partial charge in [-0.3, -0.25) is 0 Å². The molecule has 0 unspecified atom stereocenters. The minimum atomic E-state index is 0.691. The standard InChI is InChI=1S/C35H29N3/c1-22-12-10-13-27(20-22)25(4)37-32-18-8-6-16-30(32)23(2)34(37)35-24(3)31-17-7-9-19-33(31)38(35)26(5)28-14-11-15-29(36)21-28/h6-21H,2-5,36H2,1H3/b35-34+. The monoisotopic (exact) mass is 491 g/mol. The Morgan fingerprint density at radius 3 is 1.58 bits per heavy atom. The van der Waals surface area contributed by atoms with Crippen molar-refractivity contribution in [3.63, 3.8) is 0 Å². The Kier molecular flexibility index (Phi) is 5.43. The first kappa shape index (κ1) is 23.4. The summed E-state index contributed by atoms with van der Waals surface area (Å²) in [7, 11) is 0. The molecule has 6 aromatic rings. The number of nitrogen functional groups attached to an aromatic ring is 1. The number of anilines is 1. The Balaban J connectivity index is 1.87. The fourth-order valence-electron chi connectivity index (χ4n) is 5.47. The van der Waals surface area contributed by atoms with E-state index in [1.807, 2.05) is 42.5 Å². The molecule has 3 heteroatoms. The van der Waals surface area contributed by atoms with Crippen molar-refractivity contribution < 1.29 is 0 Å². The summed E-state index contributed by atoms with van der Waals surface area (Å²) in [5, 5.41) is 5.85. The molecule has 2 N–H and O–H groups in total. The quantitative estimate of drug-likeness (QED) is 0.276. The van der Waals surface area contributed by atoms with Crippen LogP contribution in [0, 0.1) is 17.6 Å². The van der Waals surface area contributed by atoms with Crippen LogP contribution in [0.15, 0.2) is 110 Å². The molecule has 3 nitrogen and oxygen atoms in total. The van der Waals surface area contributed by atoms with E-state index >= 15 is 0 Å². The summed E-state index contributed by atoms with van der Waals surface area (Å²) in [4.78, 5) is 0. The average Bonchev–Trinajstić information content (AvgIpc) is 3.38. The molecule has 0 atom stereocenters. The Labute approximate surface area is 221 Å². The van der Waals surface area contributed by atoms with Crippen molar-refractivity contribution in [2.45, 2.75) is 6.92 Å². The summed E-state index contributed by atoms with van der Waals surface area (Å²) in [5.41, 5.74) is 13.8. The lowest BCUT2D eigenvalue weighted by molar-refractivity contribution is 1.02. The molecule has 0 saturated carbocycles. The predicted octanol–water partition coefficient (Wildman–Crippen LogP) is 6.63. The molecule has 0 aliphatic carbocycles. The van der Waals surface area contributed by atoms with Gasteiger partial charge in [-0.15, -0.1) is 0 Å². The van der Waals surface area contributed by atoms with Crippen molar-refractivity contribution in [2.24, 2.45) is 0 Å². The number of nitrogens with zero attached hydrogens (tertiary/aromatic N) is 2. The summed E-state index contributed by atoms with van der Waals surface area (Å²) < 4.78 is 4.41. The van der Waals surface area contributed by atoms with Crippen LogP contribution in [-0.4, -0.2) is 9.13 Å². The molecule has 0 radical (unpaired) electrons. The molecule has 4 aromatic carbocycles. The molecular weight excluding hydrogens is 462 g/mol. The van der Waals surface area contributed by atoms with E-state index in [0.717, 1.165) is 65.5 Å². The second-order valence-electron chi connectivity index (χ2n) is 9.75. The zero-order valence-electron chi connectivity index (χ0n) is 21.5. The SMILES string of the molecule is C=C(c1cccc(C)c1)n1/c(=c2\c(=C)c3ccccc3n2C(=C)c2cccc(N)c2)c(=C)c2ccccc21. The van der Waals surface area contributed by atoms with Crippen molar-refractivity contribution in [1.82, 2.24) is 9.13 Å². The van der Waals surface area contributed by atoms with E-state index in [1.165, 1.54) is 5.56 Å². The minimum Gasteiger partial charge on any atom is -0.399 e. The first-order valence-electron chi connectivity index (χ1n) is 12.6. The van der Waals surface area contributed by atoms with Crippen LogP contribution in [0.25, 0.3) is 46.4 Å². The zero-order chi connectivity index (χ0) is 26.6. The van der Waals surface area contributed by atoms with E-state index in [-0.39, 0.29) is 0 Å². The third-order valence-corrected chi connectivity index (χ3v) is 7.29. The topological polar surface area (TPSA) is 35.9 Å². The summed E-state index contributed by atoms with van der Waals surface area (Å²) >= 11 is 0. The maximum absolute atomic E-state index is 6.17. The van der Waals surface area contributed by atoms with Crippen molar-refractivity contribution >= 4 is 52.0 Å². The second-order valence-corrected chi connectivity index (χ2v) is 9.75. The number of hydrogen-bond donors (Lipinski definition) is 1. The Hall–Kier alpha value is -5.02. The maximum atomic E-state index is 6.17. The van der Waals surface area contributed by atoms with Gasteiger partial charge in [0.25, 0.3) is 0 Å². The first-order chi connectivity index (χ1) is 18.4. The molecule has 38 heavy (non-hydrogen) atoms. The van der Waals surface area contributed by atoms with Crippen molar-refractivity contribution in [3.8, 4) is 0 Å². The number of nitrogens with two attached hydrogens (primary N) is 1. The Morgan fingerprint density at radius 2 is 1.08 bits per heavy atom. The van der Waals surface area contributed by atoms with E-state index < -0.39 is 0 Å². The fourth-order valence-corrected chi connectivity index (χ4v) is 5.47. The van der Waals surface area contributed by atoms with Gasteiger partial charge in [0.1, 0.15) is 0 Å². The number of aryl methyl sites for hydroxylation is 1. The molecule has 2 aromatic heterocycles. The lowest BCUT2D eigenvalue weighted by Crippen LogP contribution is -2.12. The second kappa shape index (κ2) is 8.82. The number of fused-ring (bicyclic) bond motifs is 2. The highest BCUT2D eigenvalue weighted by Crippen LogP contribution is 2.26. The molecule has 0 spiro atoms. The molecule has 0 aliphatic heterocycles. The highest BCUT2D eigenvalue weighted by molar-refractivity contribution is 5.89. The number of rotatable bonds is 4. The van der Waals surface area contributed by atoms with Gasteiger partial charge in [0.2, 0.25) is 0 Å². The van der Waals surface area contributed by atoms with Crippen LogP contribution in [0.4, 0.5) is 5.69 Å². The van der Waals surface area contributed by atoms with E-state index in [2.05, 4.69) is 97.0 Å². The first-order valence-corrected chi connectivity index (χ1v) is 12.6. The summed E-state index contributed by atoms with van der Waals surface area (Å²) in [5.74, 6) is 0. The van der Waals surface area contributed by atoms with Crippen LogP contribution in [0.5, 0.6) is 0 Å². The van der Waals surface area contributed by atoms with Crippen LogP contribution in [0.2, 0.25) is 0 Å². The lowest BCUT2D eigenvalue weighted by Gasteiger charge is -2.14. The summed E-state index contributed by atoms with van der Waals surface area (Å²) in [6.45, 7) is 20.4. The number of aromatic nitrogens is 2. The highest BCUT2D eigenvalue weighted by atomic mass is 15.0. The van der Waals surface area contributed by atoms with Gasteiger partial charge in [-0.05, 0) is 48.4 Å². The van der Waals surface area contributed by atoms with Gasteiger partial charge in [0.05, 0.1) is 21.7 Å².